The van der Waals surface area contributed by atoms with Crippen molar-refractivity contribution in [3.05, 3.63) is 53.6 Å². The number of ether oxygens (including phenoxy) is 1. The smallest absolute Gasteiger partial charge is 0.243 e. The Balaban J connectivity index is 1.14. The summed E-state index contributed by atoms with van der Waals surface area (Å²) in [5.74, 6) is 0.992. The van der Waals surface area contributed by atoms with E-state index in [4.69, 9.17) is 4.74 Å². The average molecular weight is 560 g/mol. The van der Waals surface area contributed by atoms with Crippen molar-refractivity contribution in [1.29, 1.82) is 0 Å². The highest BCUT2D eigenvalue weighted by Crippen LogP contribution is 2.30. The molecule has 0 spiro atoms. The molecule has 1 aromatic heterocycles. The van der Waals surface area contributed by atoms with Crippen LogP contribution in [0.4, 0.5) is 0 Å². The zero-order valence-electron chi connectivity index (χ0n) is 24.1. The van der Waals surface area contributed by atoms with Crippen LogP contribution in [0.3, 0.4) is 0 Å². The van der Waals surface area contributed by atoms with E-state index < -0.39 is 6.04 Å². The van der Waals surface area contributed by atoms with Crippen LogP contribution in [0, 0.1) is 5.92 Å². The first kappa shape index (κ1) is 27.7. The third kappa shape index (κ3) is 6.08. The van der Waals surface area contributed by atoms with E-state index in [1.54, 1.807) is 11.8 Å². The maximum Gasteiger partial charge on any atom is 0.243 e. The SMILES string of the molecule is COc1ccc(C[C@@H]2C[C@@H](C(=O)NCc3ccc4c(c3)nnn4C)N(C(=O)[C@H]3C[C@@H](N4CCCCC4)CN3)C2)cc1. The van der Waals surface area contributed by atoms with Crippen LogP contribution >= 0.6 is 0 Å². The first-order valence-electron chi connectivity index (χ1n) is 15.0. The third-order valence-electron chi connectivity index (χ3n) is 9.11. The number of likely N-dealkylation sites (tertiary alicyclic amines) is 2. The molecule has 0 unspecified atom stereocenters. The van der Waals surface area contributed by atoms with Gasteiger partial charge in [0, 0.05) is 32.7 Å². The summed E-state index contributed by atoms with van der Waals surface area (Å²) in [4.78, 5) is 31.9. The molecule has 3 aliphatic heterocycles. The molecule has 0 saturated carbocycles. The molecule has 0 bridgehead atoms. The van der Waals surface area contributed by atoms with Crippen molar-refractivity contribution >= 4 is 22.8 Å². The number of benzene rings is 2. The Morgan fingerprint density at radius 1 is 1.05 bits per heavy atom. The lowest BCUT2D eigenvalue weighted by Gasteiger charge is -2.32. The van der Waals surface area contributed by atoms with E-state index in [9.17, 15) is 9.59 Å². The molecule has 4 atom stereocenters. The topological polar surface area (TPSA) is 105 Å². The fourth-order valence-corrected chi connectivity index (χ4v) is 6.83. The second-order valence-electron chi connectivity index (χ2n) is 11.9. The van der Waals surface area contributed by atoms with Crippen molar-refractivity contribution in [3.8, 4) is 5.75 Å². The van der Waals surface area contributed by atoms with Crippen LogP contribution in [-0.2, 0) is 29.6 Å². The van der Waals surface area contributed by atoms with Gasteiger partial charge in [0.2, 0.25) is 11.8 Å². The molecule has 41 heavy (non-hydrogen) atoms. The monoisotopic (exact) mass is 559 g/mol. The lowest BCUT2D eigenvalue weighted by Crippen LogP contribution is -2.51. The quantitative estimate of drug-likeness (QED) is 0.436. The molecule has 0 radical (unpaired) electrons. The number of rotatable bonds is 8. The van der Waals surface area contributed by atoms with Gasteiger partial charge in [0.25, 0.3) is 0 Å². The predicted octanol–water partition coefficient (Wildman–Crippen LogP) is 2.27. The minimum absolute atomic E-state index is 0.0582. The number of nitrogens with one attached hydrogen (secondary N) is 2. The highest BCUT2D eigenvalue weighted by molar-refractivity contribution is 5.90. The van der Waals surface area contributed by atoms with Gasteiger partial charge in [0.1, 0.15) is 17.3 Å². The van der Waals surface area contributed by atoms with Crippen molar-refractivity contribution in [2.75, 3.05) is 33.3 Å². The number of nitrogens with zero attached hydrogens (tertiary/aromatic N) is 5. The molecule has 6 rings (SSSR count). The highest BCUT2D eigenvalue weighted by Gasteiger charge is 2.43. The number of carbonyl (C=O) groups excluding carboxylic acids is 2. The van der Waals surface area contributed by atoms with Crippen molar-refractivity contribution < 1.29 is 14.3 Å². The van der Waals surface area contributed by atoms with Crippen molar-refractivity contribution in [1.82, 2.24) is 35.4 Å². The van der Waals surface area contributed by atoms with Crippen LogP contribution < -0.4 is 15.4 Å². The maximum atomic E-state index is 13.9. The summed E-state index contributed by atoms with van der Waals surface area (Å²) in [7, 11) is 3.52. The van der Waals surface area contributed by atoms with Gasteiger partial charge in [-0.15, -0.1) is 5.10 Å². The fourth-order valence-electron chi connectivity index (χ4n) is 6.83. The lowest BCUT2D eigenvalue weighted by molar-refractivity contribution is -0.139. The van der Waals surface area contributed by atoms with Gasteiger partial charge in [-0.25, -0.2) is 4.68 Å². The number of aromatic nitrogens is 3. The van der Waals surface area contributed by atoms with E-state index in [0.717, 1.165) is 54.8 Å². The Morgan fingerprint density at radius 3 is 2.61 bits per heavy atom. The Hall–Kier alpha value is -3.50. The molecule has 4 heterocycles. The number of carbonyl (C=O) groups is 2. The van der Waals surface area contributed by atoms with Crippen LogP contribution in [0.15, 0.2) is 42.5 Å². The molecule has 2 aromatic carbocycles. The molecule has 3 fully saturated rings. The van der Waals surface area contributed by atoms with E-state index >= 15 is 0 Å². The zero-order chi connectivity index (χ0) is 28.3. The largest absolute Gasteiger partial charge is 0.497 e. The normalized spacial score (nSPS) is 25.1. The van der Waals surface area contributed by atoms with Gasteiger partial charge in [0.15, 0.2) is 0 Å². The lowest BCUT2D eigenvalue weighted by atomic mass is 9.96. The average Bonchev–Trinajstić information content (AvgIpc) is 3.76. The number of aryl methyl sites for hydroxylation is 1. The Bertz CT molecular complexity index is 1370. The fraction of sp³-hybridized carbons (Fsp3) is 0.548. The first-order chi connectivity index (χ1) is 20.0. The van der Waals surface area contributed by atoms with E-state index in [2.05, 4.69) is 38.0 Å². The second kappa shape index (κ2) is 12.2. The number of fused-ring (bicyclic) bond motifs is 1. The van der Waals surface area contributed by atoms with Crippen molar-refractivity contribution in [2.45, 2.75) is 63.2 Å². The molecule has 10 heteroatoms. The van der Waals surface area contributed by atoms with Gasteiger partial charge in [0.05, 0.1) is 18.7 Å². The van der Waals surface area contributed by atoms with Gasteiger partial charge < -0.3 is 20.3 Å². The summed E-state index contributed by atoms with van der Waals surface area (Å²) < 4.78 is 7.04. The molecule has 2 N–H and O–H groups in total. The van der Waals surface area contributed by atoms with Gasteiger partial charge in [-0.1, -0.05) is 29.8 Å². The van der Waals surface area contributed by atoms with E-state index in [0.29, 0.717) is 25.6 Å². The molecule has 2 amide bonds. The van der Waals surface area contributed by atoms with Crippen LogP contribution in [0.25, 0.3) is 11.0 Å². The number of hydrogen-bond donors (Lipinski definition) is 2. The number of piperidine rings is 1. The molecule has 3 saturated heterocycles. The summed E-state index contributed by atoms with van der Waals surface area (Å²) in [5, 5.41) is 14.9. The first-order valence-corrected chi connectivity index (χ1v) is 15.0. The van der Waals surface area contributed by atoms with Crippen molar-refractivity contribution in [2.24, 2.45) is 13.0 Å². The Morgan fingerprint density at radius 2 is 1.83 bits per heavy atom. The van der Waals surface area contributed by atoms with Crippen LogP contribution in [-0.4, -0.2) is 88.0 Å². The summed E-state index contributed by atoms with van der Waals surface area (Å²) in [5.41, 5.74) is 3.89. The molecule has 218 valence electrons. The minimum atomic E-state index is -0.484. The molecule has 3 aromatic rings. The summed E-state index contributed by atoms with van der Waals surface area (Å²) in [6, 6.07) is 13.7. The summed E-state index contributed by atoms with van der Waals surface area (Å²) in [6.07, 6.45) is 6.04. The maximum absolute atomic E-state index is 13.9. The van der Waals surface area contributed by atoms with Gasteiger partial charge in [-0.3, -0.25) is 14.5 Å². The number of methoxy groups -OCH3 is 1. The minimum Gasteiger partial charge on any atom is -0.497 e. The van der Waals surface area contributed by atoms with Gasteiger partial charge >= 0.3 is 0 Å². The number of amides is 2. The van der Waals surface area contributed by atoms with Crippen LogP contribution in [0.1, 0.15) is 43.2 Å². The standard InChI is InChI=1S/C31H41N7O3/c1-36-28-11-8-22(15-26(28)34-35-36)18-33-30(39)29-16-23(14-21-6-9-25(41-2)10-7-21)20-38(29)31(40)27-17-24(19-32-27)37-12-4-3-5-13-37/h6-11,15,23-24,27,29,32H,3-5,12-14,16-20H2,1-2H3,(H,33,39)/t23-,24-,27-,29+/m1/s1. The molecule has 0 aliphatic carbocycles. The highest BCUT2D eigenvalue weighted by atomic mass is 16.5. The van der Waals surface area contributed by atoms with Crippen LogP contribution in [0.2, 0.25) is 0 Å². The number of hydrogen-bond acceptors (Lipinski definition) is 7. The molecule has 3 aliphatic rings. The second-order valence-corrected chi connectivity index (χ2v) is 11.9. The van der Waals surface area contributed by atoms with E-state index in [1.807, 2.05) is 42.3 Å². The third-order valence-corrected chi connectivity index (χ3v) is 9.11. The van der Waals surface area contributed by atoms with Gasteiger partial charge in [-0.2, -0.15) is 0 Å². The molecule has 10 nitrogen and oxygen atoms in total. The molecular formula is C31H41N7O3. The predicted molar refractivity (Wildman–Crippen MR) is 156 cm³/mol. The Labute approximate surface area is 241 Å². The van der Waals surface area contributed by atoms with Gasteiger partial charge in [-0.05, 0) is 86.5 Å². The van der Waals surface area contributed by atoms with Crippen molar-refractivity contribution in [3.63, 3.8) is 0 Å². The summed E-state index contributed by atoms with van der Waals surface area (Å²) in [6.45, 7) is 4.03. The van der Waals surface area contributed by atoms with E-state index in [1.165, 1.54) is 24.8 Å². The molecular weight excluding hydrogens is 518 g/mol. The van der Waals surface area contributed by atoms with E-state index in [-0.39, 0.29) is 23.8 Å². The van der Waals surface area contributed by atoms with Crippen LogP contribution in [0.5, 0.6) is 5.75 Å². The Kier molecular flexibility index (Phi) is 8.20. The zero-order valence-corrected chi connectivity index (χ0v) is 24.1. The summed E-state index contributed by atoms with van der Waals surface area (Å²) >= 11 is 0.